The maximum Gasteiger partial charge on any atom is 0.0738 e. The fourth-order valence-corrected chi connectivity index (χ4v) is 3.04. The van der Waals surface area contributed by atoms with Gasteiger partial charge in [-0.05, 0) is 24.6 Å². The lowest BCUT2D eigenvalue weighted by Crippen LogP contribution is -2.42. The summed E-state index contributed by atoms with van der Waals surface area (Å²) in [6, 6.07) is 3.98. The number of benzene rings is 1. The van der Waals surface area contributed by atoms with Gasteiger partial charge in [-0.25, -0.2) is 0 Å². The molecule has 0 unspecified atom stereocenters. The highest BCUT2D eigenvalue weighted by molar-refractivity contribution is 6.42. The zero-order valence-corrected chi connectivity index (χ0v) is 10.3. The van der Waals surface area contributed by atoms with Crippen LogP contribution < -0.4 is 5.32 Å². The van der Waals surface area contributed by atoms with Crippen molar-refractivity contribution in [2.75, 3.05) is 13.1 Å². The van der Waals surface area contributed by atoms with Gasteiger partial charge >= 0.3 is 0 Å². The Hall–Kier alpha value is -0.280. The molecule has 2 heterocycles. The van der Waals surface area contributed by atoms with Crippen molar-refractivity contribution < 1.29 is 4.74 Å². The Morgan fingerprint density at radius 2 is 2.19 bits per heavy atom. The van der Waals surface area contributed by atoms with E-state index in [1.165, 1.54) is 5.56 Å². The van der Waals surface area contributed by atoms with Crippen molar-refractivity contribution in [2.24, 2.45) is 0 Å². The molecule has 0 bridgehead atoms. The Balaban J connectivity index is 2.05. The summed E-state index contributed by atoms with van der Waals surface area (Å²) >= 11 is 12.2. The molecule has 2 atom stereocenters. The number of ether oxygens (including phenoxy) is 1. The van der Waals surface area contributed by atoms with Crippen molar-refractivity contribution in [3.05, 3.63) is 33.3 Å². The van der Waals surface area contributed by atoms with Crippen molar-refractivity contribution in [3.8, 4) is 0 Å². The Morgan fingerprint density at radius 1 is 1.31 bits per heavy atom. The van der Waals surface area contributed by atoms with Gasteiger partial charge in [-0.3, -0.25) is 0 Å². The number of halogens is 2. The molecule has 86 valence electrons. The summed E-state index contributed by atoms with van der Waals surface area (Å²) in [4.78, 5) is 0. The summed E-state index contributed by atoms with van der Waals surface area (Å²) in [5.74, 6) is 0.423. The maximum atomic E-state index is 6.21. The molecule has 1 fully saturated rings. The Bertz CT molecular complexity index is 422. The van der Waals surface area contributed by atoms with Crippen LogP contribution in [0.25, 0.3) is 0 Å². The first-order valence-electron chi connectivity index (χ1n) is 5.56. The standard InChI is InChI=1S/C12H13Cl2NO/c13-10-2-1-7-8-5-15-4-3-11(8)16-6-9(7)12(10)14/h1-2,8,11,15H,3-6H2/t8-,11-/m0/s1. The van der Waals surface area contributed by atoms with Crippen LogP contribution in [0.2, 0.25) is 10.0 Å². The molecule has 0 spiro atoms. The molecule has 1 saturated heterocycles. The van der Waals surface area contributed by atoms with Crippen LogP contribution in [-0.2, 0) is 11.3 Å². The van der Waals surface area contributed by atoms with E-state index in [1.54, 1.807) is 0 Å². The highest BCUT2D eigenvalue weighted by Gasteiger charge is 2.33. The van der Waals surface area contributed by atoms with Crippen LogP contribution in [0, 0.1) is 0 Å². The van der Waals surface area contributed by atoms with E-state index in [0.717, 1.165) is 25.1 Å². The number of hydrogen-bond donors (Lipinski definition) is 1. The first-order valence-corrected chi connectivity index (χ1v) is 6.32. The first-order chi connectivity index (χ1) is 7.77. The molecule has 2 aliphatic rings. The second-order valence-electron chi connectivity index (χ2n) is 4.38. The zero-order chi connectivity index (χ0) is 11.1. The average Bonchev–Trinajstić information content (AvgIpc) is 2.33. The third-order valence-electron chi connectivity index (χ3n) is 3.49. The van der Waals surface area contributed by atoms with Crippen LogP contribution in [0.15, 0.2) is 12.1 Å². The number of fused-ring (bicyclic) bond motifs is 3. The van der Waals surface area contributed by atoms with Crippen molar-refractivity contribution in [2.45, 2.75) is 25.0 Å². The SMILES string of the molecule is Clc1ccc2c(c1Cl)CO[C@H]1CCNC[C@@H]21. The molecule has 0 amide bonds. The van der Waals surface area contributed by atoms with E-state index in [9.17, 15) is 0 Å². The molecule has 1 N–H and O–H groups in total. The summed E-state index contributed by atoms with van der Waals surface area (Å²) < 4.78 is 5.86. The number of piperidine rings is 1. The van der Waals surface area contributed by atoms with Crippen LogP contribution in [0.4, 0.5) is 0 Å². The lowest BCUT2D eigenvalue weighted by molar-refractivity contribution is -0.00674. The lowest BCUT2D eigenvalue weighted by Gasteiger charge is -2.37. The highest BCUT2D eigenvalue weighted by atomic mass is 35.5. The van der Waals surface area contributed by atoms with Gasteiger partial charge in [0.25, 0.3) is 0 Å². The van der Waals surface area contributed by atoms with Crippen LogP contribution in [-0.4, -0.2) is 19.2 Å². The molecule has 0 radical (unpaired) electrons. The molecule has 0 aromatic heterocycles. The minimum absolute atomic E-state index is 0.339. The van der Waals surface area contributed by atoms with E-state index in [2.05, 4.69) is 11.4 Å². The fraction of sp³-hybridized carbons (Fsp3) is 0.500. The van der Waals surface area contributed by atoms with Crippen LogP contribution >= 0.6 is 23.2 Å². The topological polar surface area (TPSA) is 21.3 Å². The minimum atomic E-state index is 0.339. The molecule has 2 nitrogen and oxygen atoms in total. The predicted molar refractivity (Wildman–Crippen MR) is 65.3 cm³/mol. The summed E-state index contributed by atoms with van der Waals surface area (Å²) in [6.45, 7) is 2.60. The van der Waals surface area contributed by atoms with Crippen molar-refractivity contribution in [1.29, 1.82) is 0 Å². The van der Waals surface area contributed by atoms with Crippen LogP contribution in [0.3, 0.4) is 0 Å². The molecule has 0 aliphatic carbocycles. The third kappa shape index (κ3) is 1.65. The molecule has 16 heavy (non-hydrogen) atoms. The van der Waals surface area contributed by atoms with E-state index in [4.69, 9.17) is 27.9 Å². The normalized spacial score (nSPS) is 28.4. The smallest absolute Gasteiger partial charge is 0.0738 e. The van der Waals surface area contributed by atoms with E-state index in [0.29, 0.717) is 28.7 Å². The maximum absolute atomic E-state index is 6.21. The molecule has 1 aromatic carbocycles. The first kappa shape index (κ1) is 10.8. The summed E-state index contributed by atoms with van der Waals surface area (Å²) in [5, 5.41) is 4.68. The summed E-state index contributed by atoms with van der Waals surface area (Å²) in [6.07, 6.45) is 1.41. The summed E-state index contributed by atoms with van der Waals surface area (Å²) in [5.41, 5.74) is 2.37. The zero-order valence-electron chi connectivity index (χ0n) is 8.80. The van der Waals surface area contributed by atoms with E-state index in [1.807, 2.05) is 6.07 Å². The monoisotopic (exact) mass is 257 g/mol. The molecule has 3 rings (SSSR count). The van der Waals surface area contributed by atoms with E-state index in [-0.39, 0.29) is 0 Å². The van der Waals surface area contributed by atoms with Gasteiger partial charge in [0.1, 0.15) is 0 Å². The van der Waals surface area contributed by atoms with Crippen molar-refractivity contribution in [1.82, 2.24) is 5.32 Å². The van der Waals surface area contributed by atoms with Gasteiger partial charge in [-0.1, -0.05) is 29.3 Å². The number of nitrogens with one attached hydrogen (secondary N) is 1. The second-order valence-corrected chi connectivity index (χ2v) is 5.16. The fourth-order valence-electron chi connectivity index (χ4n) is 2.64. The molecular weight excluding hydrogens is 245 g/mol. The van der Waals surface area contributed by atoms with Gasteiger partial charge in [0.2, 0.25) is 0 Å². The minimum Gasteiger partial charge on any atom is -0.373 e. The van der Waals surface area contributed by atoms with Gasteiger partial charge in [0.15, 0.2) is 0 Å². The Morgan fingerprint density at radius 3 is 3.06 bits per heavy atom. The summed E-state index contributed by atoms with van der Waals surface area (Å²) in [7, 11) is 0. The second kappa shape index (κ2) is 4.19. The number of rotatable bonds is 0. The molecule has 0 saturated carbocycles. The van der Waals surface area contributed by atoms with Crippen LogP contribution in [0.1, 0.15) is 23.5 Å². The highest BCUT2D eigenvalue weighted by Crippen LogP contribution is 2.39. The van der Waals surface area contributed by atoms with Crippen molar-refractivity contribution >= 4 is 23.2 Å². The molecule has 1 aromatic rings. The molecule has 4 heteroatoms. The number of hydrogen-bond acceptors (Lipinski definition) is 2. The molecule has 2 aliphatic heterocycles. The van der Waals surface area contributed by atoms with Gasteiger partial charge in [-0.15, -0.1) is 0 Å². The quantitative estimate of drug-likeness (QED) is 0.772. The average molecular weight is 258 g/mol. The van der Waals surface area contributed by atoms with Gasteiger partial charge in [-0.2, -0.15) is 0 Å². The van der Waals surface area contributed by atoms with E-state index >= 15 is 0 Å². The van der Waals surface area contributed by atoms with E-state index < -0.39 is 0 Å². The molecular formula is C12H13Cl2NO. The third-order valence-corrected chi connectivity index (χ3v) is 4.34. The van der Waals surface area contributed by atoms with Gasteiger partial charge in [0.05, 0.1) is 22.8 Å². The Kier molecular flexibility index (Phi) is 2.84. The van der Waals surface area contributed by atoms with Crippen LogP contribution in [0.5, 0.6) is 0 Å². The van der Waals surface area contributed by atoms with Gasteiger partial charge in [0, 0.05) is 18.0 Å². The Labute approximate surface area is 105 Å². The van der Waals surface area contributed by atoms with Crippen molar-refractivity contribution in [3.63, 3.8) is 0 Å². The van der Waals surface area contributed by atoms with Gasteiger partial charge < -0.3 is 10.1 Å². The largest absolute Gasteiger partial charge is 0.373 e. The lowest BCUT2D eigenvalue weighted by atomic mass is 9.84. The predicted octanol–water partition coefficient (Wildman–Crippen LogP) is 2.97.